The zero-order chi connectivity index (χ0) is 63.1. The Morgan fingerprint density at radius 2 is 0.600 bits per heavy atom. The molecule has 0 aliphatic heterocycles. The van der Waals surface area contributed by atoms with E-state index in [0.717, 1.165) is 114 Å². The van der Waals surface area contributed by atoms with E-state index in [4.69, 9.17) is 37.0 Å². The summed E-state index contributed by atoms with van der Waals surface area (Å²) in [6.07, 6.45) is 38.8. The Morgan fingerprint density at radius 3 is 0.894 bits per heavy atom. The molecule has 0 aliphatic carbocycles. The number of hydrogen-bond acceptors (Lipinski definition) is 15. The van der Waals surface area contributed by atoms with Crippen LogP contribution in [0.1, 0.15) is 325 Å². The van der Waals surface area contributed by atoms with Gasteiger partial charge in [-0.05, 0) is 43.4 Å². The van der Waals surface area contributed by atoms with Gasteiger partial charge in [0.1, 0.15) is 19.3 Å². The summed E-state index contributed by atoms with van der Waals surface area (Å²) in [5, 5.41) is 10.5. The molecule has 0 aromatic carbocycles. The van der Waals surface area contributed by atoms with E-state index in [1.807, 2.05) is 0 Å². The normalized spacial score (nSPS) is 15.0. The van der Waals surface area contributed by atoms with Gasteiger partial charge in [0.2, 0.25) is 0 Å². The zero-order valence-electron chi connectivity index (χ0n) is 55.1. The van der Waals surface area contributed by atoms with Crippen molar-refractivity contribution in [3.63, 3.8) is 0 Å². The first-order chi connectivity index (χ1) is 40.8. The summed E-state index contributed by atoms with van der Waals surface area (Å²) < 4.78 is 68.1. The third-order valence-corrected chi connectivity index (χ3v) is 17.8. The van der Waals surface area contributed by atoms with Crippen LogP contribution >= 0.6 is 15.6 Å². The van der Waals surface area contributed by atoms with E-state index in [0.29, 0.717) is 25.7 Å². The fraction of sp³-hybridized carbons (Fsp3) is 0.939. The molecular formula is C66H128O17P2. The number of unbranched alkanes of at least 4 members (excludes halogenated alkanes) is 30. The molecule has 0 saturated heterocycles. The number of phosphoric ester groups is 2. The van der Waals surface area contributed by atoms with E-state index in [1.165, 1.54) is 128 Å². The van der Waals surface area contributed by atoms with Crippen LogP contribution in [0.5, 0.6) is 0 Å². The van der Waals surface area contributed by atoms with Crippen molar-refractivity contribution in [2.24, 2.45) is 17.8 Å². The van der Waals surface area contributed by atoms with Gasteiger partial charge in [0.15, 0.2) is 12.2 Å². The lowest BCUT2D eigenvalue weighted by Gasteiger charge is -2.21. The second-order valence-corrected chi connectivity index (χ2v) is 27.7. The number of phosphoric acid groups is 2. The maximum Gasteiger partial charge on any atom is 0.472 e. The highest BCUT2D eigenvalue weighted by Crippen LogP contribution is 2.45. The molecule has 0 amide bonds. The van der Waals surface area contributed by atoms with E-state index in [-0.39, 0.29) is 25.7 Å². The number of carbonyl (C=O) groups excluding carboxylic acids is 4. The summed E-state index contributed by atoms with van der Waals surface area (Å²) in [5.41, 5.74) is 0. The average molecular weight is 1260 g/mol. The quantitative estimate of drug-likeness (QED) is 0.0222. The zero-order valence-corrected chi connectivity index (χ0v) is 56.9. The van der Waals surface area contributed by atoms with Crippen LogP contribution in [0.25, 0.3) is 0 Å². The lowest BCUT2D eigenvalue weighted by molar-refractivity contribution is -0.161. The predicted molar refractivity (Wildman–Crippen MR) is 340 cm³/mol. The smallest absolute Gasteiger partial charge is 0.462 e. The van der Waals surface area contributed by atoms with E-state index in [2.05, 4.69) is 48.5 Å². The SMILES string of the molecule is CCCCCCCCCCC(=O)OC[C@H](COP(=O)(O)OC[C@H](O)COP(=O)(O)OC[C@@H](COC(=O)CCCCCCCCCCC(C)CC)OC(=O)CCCCCCCCCCCCC(C)C)OC(=O)CCCCCCCCCCC(C)CC. The summed E-state index contributed by atoms with van der Waals surface area (Å²) in [5.74, 6) is 0.163. The molecule has 19 heteroatoms. The first-order valence-corrected chi connectivity index (χ1v) is 37.4. The lowest BCUT2D eigenvalue weighted by atomic mass is 9.99. The molecule has 0 radical (unpaired) electrons. The van der Waals surface area contributed by atoms with Crippen molar-refractivity contribution in [1.29, 1.82) is 0 Å². The van der Waals surface area contributed by atoms with Crippen molar-refractivity contribution in [2.45, 2.75) is 343 Å². The van der Waals surface area contributed by atoms with Crippen LogP contribution in [-0.2, 0) is 65.4 Å². The first-order valence-electron chi connectivity index (χ1n) is 34.4. The molecule has 0 aliphatic rings. The Hall–Kier alpha value is -1.94. The standard InChI is InChI=1S/C66H128O17P2/c1-8-11-12-13-14-26-33-40-47-63(68)76-53-61(83-66(71)50-43-36-29-22-20-25-32-39-46-59(7)10-3)55-80-84(72,73)78-51-60(67)52-79-85(74,75)81-56-62(54-77-64(69)48-41-34-27-21-19-24-31-38-45-58(6)9-2)82-65(70)49-42-35-28-18-16-15-17-23-30-37-44-57(4)5/h57-62,67H,8-56H2,1-7H3,(H,72,73)(H,74,75)/t58?,59?,60-,61+,62+/m0/s1. The lowest BCUT2D eigenvalue weighted by Crippen LogP contribution is -2.30. The third-order valence-electron chi connectivity index (χ3n) is 15.9. The topological polar surface area (TPSA) is 237 Å². The minimum absolute atomic E-state index is 0.104. The number of rotatable bonds is 64. The van der Waals surface area contributed by atoms with Gasteiger partial charge >= 0.3 is 39.5 Å². The molecule has 3 N–H and O–H groups in total. The molecule has 4 unspecified atom stereocenters. The molecule has 0 rings (SSSR count). The van der Waals surface area contributed by atoms with E-state index in [9.17, 15) is 43.2 Å². The fourth-order valence-electron chi connectivity index (χ4n) is 9.77. The Morgan fingerprint density at radius 1 is 0.341 bits per heavy atom. The van der Waals surface area contributed by atoms with Crippen LogP contribution in [0.15, 0.2) is 0 Å². The van der Waals surface area contributed by atoms with Crippen molar-refractivity contribution in [2.75, 3.05) is 39.6 Å². The molecular weight excluding hydrogens is 1130 g/mol. The van der Waals surface area contributed by atoms with Crippen LogP contribution in [-0.4, -0.2) is 96.7 Å². The Kier molecular flexibility index (Phi) is 55.9. The van der Waals surface area contributed by atoms with E-state index < -0.39 is 97.5 Å². The summed E-state index contributed by atoms with van der Waals surface area (Å²) in [6, 6.07) is 0. The van der Waals surface area contributed by atoms with E-state index >= 15 is 0 Å². The summed E-state index contributed by atoms with van der Waals surface area (Å²) in [4.78, 5) is 72.3. The molecule has 504 valence electrons. The van der Waals surface area contributed by atoms with Gasteiger partial charge in [-0.25, -0.2) is 9.13 Å². The van der Waals surface area contributed by atoms with Gasteiger partial charge in [0.05, 0.1) is 26.4 Å². The summed E-state index contributed by atoms with van der Waals surface area (Å²) in [6.45, 7) is 11.8. The minimum Gasteiger partial charge on any atom is -0.462 e. The van der Waals surface area contributed by atoms with Gasteiger partial charge < -0.3 is 33.8 Å². The molecule has 0 fully saturated rings. The number of hydrogen-bond donors (Lipinski definition) is 3. The number of aliphatic hydroxyl groups excluding tert-OH is 1. The molecule has 0 spiro atoms. The fourth-order valence-corrected chi connectivity index (χ4v) is 11.3. The highest BCUT2D eigenvalue weighted by Gasteiger charge is 2.30. The van der Waals surface area contributed by atoms with Gasteiger partial charge in [0.25, 0.3) is 0 Å². The van der Waals surface area contributed by atoms with Crippen LogP contribution < -0.4 is 0 Å². The number of carbonyl (C=O) groups is 4. The largest absolute Gasteiger partial charge is 0.472 e. The van der Waals surface area contributed by atoms with Gasteiger partial charge in [-0.3, -0.25) is 37.3 Å². The van der Waals surface area contributed by atoms with Crippen molar-refractivity contribution in [3.05, 3.63) is 0 Å². The maximum absolute atomic E-state index is 13.0. The molecule has 0 bridgehead atoms. The monoisotopic (exact) mass is 1250 g/mol. The van der Waals surface area contributed by atoms with E-state index in [1.54, 1.807) is 0 Å². The first kappa shape index (κ1) is 83.1. The molecule has 0 aromatic rings. The highest BCUT2D eigenvalue weighted by atomic mass is 31.2. The van der Waals surface area contributed by atoms with Crippen molar-refractivity contribution in [1.82, 2.24) is 0 Å². The van der Waals surface area contributed by atoms with Crippen LogP contribution in [0.4, 0.5) is 0 Å². The van der Waals surface area contributed by atoms with Gasteiger partial charge in [-0.2, -0.15) is 0 Å². The molecule has 0 aromatic heterocycles. The van der Waals surface area contributed by atoms with Gasteiger partial charge in [-0.1, -0.05) is 273 Å². The minimum atomic E-state index is -4.95. The molecule has 0 saturated carbocycles. The maximum atomic E-state index is 13.0. The number of ether oxygens (including phenoxy) is 4. The van der Waals surface area contributed by atoms with Crippen LogP contribution in [0.2, 0.25) is 0 Å². The Balaban J connectivity index is 5.25. The highest BCUT2D eigenvalue weighted by molar-refractivity contribution is 7.47. The number of esters is 4. The second kappa shape index (κ2) is 57.2. The van der Waals surface area contributed by atoms with Gasteiger partial charge in [0, 0.05) is 25.7 Å². The predicted octanol–water partition coefficient (Wildman–Crippen LogP) is 18.3. The van der Waals surface area contributed by atoms with Crippen LogP contribution in [0, 0.1) is 17.8 Å². The Bertz CT molecular complexity index is 1690. The van der Waals surface area contributed by atoms with Gasteiger partial charge in [-0.15, -0.1) is 0 Å². The van der Waals surface area contributed by atoms with Crippen molar-refractivity contribution < 1.29 is 80.2 Å². The molecule has 0 heterocycles. The molecule has 85 heavy (non-hydrogen) atoms. The van der Waals surface area contributed by atoms with Crippen molar-refractivity contribution in [3.8, 4) is 0 Å². The average Bonchev–Trinajstić information content (AvgIpc) is 3.57. The third kappa shape index (κ3) is 58.2. The summed E-state index contributed by atoms with van der Waals surface area (Å²) in [7, 11) is -9.89. The molecule has 17 nitrogen and oxygen atoms in total. The second-order valence-electron chi connectivity index (χ2n) is 24.8. The van der Waals surface area contributed by atoms with Crippen LogP contribution in [0.3, 0.4) is 0 Å². The Labute approximate surface area is 517 Å². The summed E-state index contributed by atoms with van der Waals surface area (Å²) >= 11 is 0. The number of aliphatic hydroxyl groups is 1. The van der Waals surface area contributed by atoms with Crippen molar-refractivity contribution >= 4 is 39.5 Å². The molecule has 7 atom stereocenters.